The number of aryl methyl sites for hydroxylation is 1. The molecule has 0 radical (unpaired) electrons. The van der Waals surface area contributed by atoms with Gasteiger partial charge in [0.1, 0.15) is 5.01 Å². The molecule has 0 aliphatic heterocycles. The zero-order valence-electron chi connectivity index (χ0n) is 18.3. The summed E-state index contributed by atoms with van der Waals surface area (Å²) in [6.07, 6.45) is 0.939. The van der Waals surface area contributed by atoms with Gasteiger partial charge in [0.2, 0.25) is 0 Å². The number of carbonyl (C=O) groups excluding carboxylic acids is 1. The molecule has 3 aromatic rings. The molecule has 0 aliphatic rings. The number of ether oxygens (including phenoxy) is 4. The summed E-state index contributed by atoms with van der Waals surface area (Å²) in [5.74, 6) is 2.63. The number of thiazole rings is 1. The number of hydrogen-bond donors (Lipinski definition) is 0. The van der Waals surface area contributed by atoms with Crippen LogP contribution in [0.25, 0.3) is 10.6 Å². The summed E-state index contributed by atoms with van der Waals surface area (Å²) in [4.78, 5) is 17.4. The molecule has 0 atom stereocenters. The van der Waals surface area contributed by atoms with Crippen LogP contribution in [0.5, 0.6) is 23.0 Å². The fourth-order valence-corrected chi connectivity index (χ4v) is 3.99. The Balaban J connectivity index is 1.68. The molecule has 0 unspecified atom stereocenters. The Hall–Kier alpha value is -3.06. The lowest BCUT2D eigenvalue weighted by atomic mass is 10.1. The summed E-state index contributed by atoms with van der Waals surface area (Å²) in [5.41, 5.74) is 2.45. The van der Waals surface area contributed by atoms with E-state index in [4.69, 9.17) is 18.9 Å². The van der Waals surface area contributed by atoms with Crippen molar-refractivity contribution in [3.8, 4) is 33.6 Å². The third-order valence-electron chi connectivity index (χ3n) is 4.66. The van der Waals surface area contributed by atoms with Gasteiger partial charge in [-0.25, -0.2) is 4.98 Å². The molecule has 7 heteroatoms. The Kier molecular flexibility index (Phi) is 7.89. The average Bonchev–Trinajstić information content (AvgIpc) is 3.27. The topological polar surface area (TPSA) is 66.9 Å². The zero-order chi connectivity index (χ0) is 22.2. The van der Waals surface area contributed by atoms with E-state index < -0.39 is 0 Å². The minimum atomic E-state index is 0.0460. The number of carbonyl (C=O) groups is 1. The molecular formula is C24H27NO5S. The third-order valence-corrected chi connectivity index (χ3v) is 5.60. The minimum absolute atomic E-state index is 0.0460. The van der Waals surface area contributed by atoms with Crippen LogP contribution in [-0.4, -0.2) is 38.2 Å². The van der Waals surface area contributed by atoms with Crippen LogP contribution in [0.4, 0.5) is 0 Å². The van der Waals surface area contributed by atoms with Crippen LogP contribution in [0.1, 0.15) is 36.3 Å². The van der Waals surface area contributed by atoms with E-state index >= 15 is 0 Å². The number of rotatable bonds is 11. The van der Waals surface area contributed by atoms with Gasteiger partial charge in [-0.2, -0.15) is 0 Å². The molecule has 0 N–H and O–H groups in total. The van der Waals surface area contributed by atoms with Gasteiger partial charge in [0.25, 0.3) is 0 Å². The second kappa shape index (κ2) is 10.8. The molecule has 1 heterocycles. The van der Waals surface area contributed by atoms with E-state index in [1.807, 2.05) is 37.4 Å². The molecule has 6 nitrogen and oxygen atoms in total. The van der Waals surface area contributed by atoms with Crippen molar-refractivity contribution in [2.24, 2.45) is 0 Å². The van der Waals surface area contributed by atoms with E-state index in [9.17, 15) is 4.79 Å². The third kappa shape index (κ3) is 5.55. The predicted molar refractivity (Wildman–Crippen MR) is 122 cm³/mol. The van der Waals surface area contributed by atoms with Crippen LogP contribution in [0.3, 0.4) is 0 Å². The molecule has 1 aromatic heterocycles. The summed E-state index contributed by atoms with van der Waals surface area (Å²) in [7, 11) is 3.22. The van der Waals surface area contributed by atoms with Gasteiger partial charge in [-0.1, -0.05) is 0 Å². The van der Waals surface area contributed by atoms with Crippen molar-refractivity contribution >= 4 is 17.1 Å². The van der Waals surface area contributed by atoms with E-state index in [0.29, 0.717) is 54.6 Å². The fraction of sp³-hybridized carbons (Fsp3) is 0.333. The molecule has 2 aromatic carbocycles. The molecule has 0 aliphatic carbocycles. The quantitative estimate of drug-likeness (QED) is 0.369. The highest BCUT2D eigenvalue weighted by Gasteiger charge is 2.14. The Morgan fingerprint density at radius 2 is 1.61 bits per heavy atom. The average molecular weight is 442 g/mol. The number of hydrogen-bond acceptors (Lipinski definition) is 7. The molecule has 0 saturated carbocycles. The van der Waals surface area contributed by atoms with Crippen LogP contribution in [0.15, 0.2) is 41.8 Å². The van der Waals surface area contributed by atoms with Gasteiger partial charge in [-0.05, 0) is 56.7 Å². The number of aromatic nitrogens is 1. The van der Waals surface area contributed by atoms with E-state index in [-0.39, 0.29) is 5.78 Å². The maximum atomic E-state index is 12.7. The molecule has 0 fully saturated rings. The summed E-state index contributed by atoms with van der Waals surface area (Å²) in [6.45, 7) is 4.87. The Labute approximate surface area is 186 Å². The zero-order valence-corrected chi connectivity index (χ0v) is 19.1. The lowest BCUT2D eigenvalue weighted by Gasteiger charge is -2.12. The summed E-state index contributed by atoms with van der Waals surface area (Å²) >= 11 is 1.54. The van der Waals surface area contributed by atoms with Crippen molar-refractivity contribution in [2.75, 3.05) is 27.4 Å². The first-order valence-corrected chi connectivity index (χ1v) is 11.1. The van der Waals surface area contributed by atoms with Gasteiger partial charge < -0.3 is 18.9 Å². The highest BCUT2D eigenvalue weighted by molar-refractivity contribution is 7.13. The van der Waals surface area contributed by atoms with Crippen LogP contribution in [-0.2, 0) is 6.42 Å². The van der Waals surface area contributed by atoms with Crippen LogP contribution < -0.4 is 18.9 Å². The van der Waals surface area contributed by atoms with E-state index in [1.54, 1.807) is 43.8 Å². The fourth-order valence-electron chi connectivity index (χ4n) is 3.13. The van der Waals surface area contributed by atoms with Crippen molar-refractivity contribution in [3.63, 3.8) is 0 Å². The second-order valence-corrected chi connectivity index (χ2v) is 7.52. The minimum Gasteiger partial charge on any atom is -0.493 e. The van der Waals surface area contributed by atoms with Crippen molar-refractivity contribution in [1.82, 2.24) is 4.98 Å². The highest BCUT2D eigenvalue weighted by Crippen LogP contribution is 2.34. The van der Waals surface area contributed by atoms with Gasteiger partial charge in [0.05, 0.1) is 33.1 Å². The predicted octanol–water partition coefficient (Wildman–Crippen LogP) is 5.44. The van der Waals surface area contributed by atoms with Crippen LogP contribution in [0.2, 0.25) is 0 Å². The Morgan fingerprint density at radius 1 is 0.903 bits per heavy atom. The molecule has 0 spiro atoms. The Morgan fingerprint density at radius 3 is 2.32 bits per heavy atom. The van der Waals surface area contributed by atoms with Crippen molar-refractivity contribution < 1.29 is 23.7 Å². The Bertz CT molecular complexity index is 1030. The monoisotopic (exact) mass is 441 g/mol. The molecule has 0 bridgehead atoms. The van der Waals surface area contributed by atoms with Gasteiger partial charge in [-0.15, -0.1) is 11.3 Å². The van der Waals surface area contributed by atoms with E-state index in [1.165, 1.54) is 0 Å². The van der Waals surface area contributed by atoms with Gasteiger partial charge in [0, 0.05) is 22.9 Å². The summed E-state index contributed by atoms with van der Waals surface area (Å²) in [6, 6.07) is 11.0. The maximum absolute atomic E-state index is 12.7. The summed E-state index contributed by atoms with van der Waals surface area (Å²) < 4.78 is 21.9. The van der Waals surface area contributed by atoms with Gasteiger partial charge >= 0.3 is 0 Å². The van der Waals surface area contributed by atoms with Crippen molar-refractivity contribution in [3.05, 3.63) is 53.0 Å². The number of benzene rings is 2. The molecule has 3 rings (SSSR count). The SMILES string of the molecule is CCOc1ccc(C(=O)CCc2csc(-c3ccc(OC)c(OC)c3)n2)cc1OCC. The normalized spacial score (nSPS) is 10.6. The number of ketones is 1. The molecule has 164 valence electrons. The first-order valence-electron chi connectivity index (χ1n) is 10.2. The van der Waals surface area contributed by atoms with Gasteiger partial charge in [0.15, 0.2) is 28.8 Å². The molecule has 31 heavy (non-hydrogen) atoms. The molecule has 0 saturated heterocycles. The first-order chi connectivity index (χ1) is 15.1. The van der Waals surface area contributed by atoms with Gasteiger partial charge in [-0.3, -0.25) is 4.79 Å². The lowest BCUT2D eigenvalue weighted by molar-refractivity contribution is 0.0982. The standard InChI is InChI=1S/C24H27NO5S/c1-5-29-21-12-7-16(13-23(21)30-6-2)19(26)10-9-18-15-31-24(25-18)17-8-11-20(27-3)22(14-17)28-4/h7-8,11-15H,5-6,9-10H2,1-4H3. The number of Topliss-reactive ketones (excluding diaryl/α,β-unsaturated/α-hetero) is 1. The van der Waals surface area contributed by atoms with Crippen molar-refractivity contribution in [2.45, 2.75) is 26.7 Å². The highest BCUT2D eigenvalue weighted by atomic mass is 32.1. The summed E-state index contributed by atoms with van der Waals surface area (Å²) in [5, 5.41) is 2.87. The lowest BCUT2D eigenvalue weighted by Crippen LogP contribution is -2.04. The van der Waals surface area contributed by atoms with Crippen LogP contribution in [0, 0.1) is 0 Å². The largest absolute Gasteiger partial charge is 0.493 e. The molecule has 0 amide bonds. The smallest absolute Gasteiger partial charge is 0.163 e. The second-order valence-electron chi connectivity index (χ2n) is 6.66. The van der Waals surface area contributed by atoms with E-state index in [2.05, 4.69) is 4.98 Å². The van der Waals surface area contributed by atoms with E-state index in [0.717, 1.165) is 16.3 Å². The number of nitrogens with zero attached hydrogens (tertiary/aromatic N) is 1. The maximum Gasteiger partial charge on any atom is 0.163 e. The first kappa shape index (κ1) is 22.6. The van der Waals surface area contributed by atoms with Crippen molar-refractivity contribution in [1.29, 1.82) is 0 Å². The number of methoxy groups -OCH3 is 2. The molecular weight excluding hydrogens is 414 g/mol. The van der Waals surface area contributed by atoms with Crippen LogP contribution >= 0.6 is 11.3 Å².